The second-order valence-electron chi connectivity index (χ2n) is 6.21. The first-order valence-corrected chi connectivity index (χ1v) is 8.91. The Kier molecular flexibility index (Phi) is 4.06. The zero-order valence-electron chi connectivity index (χ0n) is 15.4. The van der Waals surface area contributed by atoms with Crippen LogP contribution in [0.4, 0.5) is 23.3 Å². The predicted molar refractivity (Wildman–Crippen MR) is 108 cm³/mol. The van der Waals surface area contributed by atoms with Gasteiger partial charge >= 0.3 is 0 Å². The van der Waals surface area contributed by atoms with Crippen LogP contribution in [0.25, 0.3) is 17.0 Å². The van der Waals surface area contributed by atoms with Crippen molar-refractivity contribution < 1.29 is 0 Å². The van der Waals surface area contributed by atoms with Gasteiger partial charge in [-0.3, -0.25) is 5.10 Å². The molecular weight excluding hydrogens is 368 g/mol. The molecule has 5 aromatic heterocycles. The fourth-order valence-corrected chi connectivity index (χ4v) is 2.98. The molecule has 0 aliphatic rings. The van der Waals surface area contributed by atoms with E-state index in [2.05, 4.69) is 45.9 Å². The number of anilines is 4. The van der Waals surface area contributed by atoms with E-state index in [1.165, 1.54) is 0 Å². The standard InChI is InChI=1S/C19H16N10/c1-12-23-13(11-16(24-12)25-14-5-2-3-8-20-14)18-19(26-15-7-10-21-28-15)27-17-6-4-9-22-29(17)18/h2-11H,1H3,(H2,21,26,28)(H,20,23,24,25). The van der Waals surface area contributed by atoms with Crippen molar-refractivity contribution >= 4 is 28.9 Å². The number of pyridine rings is 1. The topological polar surface area (TPSA) is 122 Å². The number of fused-ring (bicyclic) bond motifs is 1. The second kappa shape index (κ2) is 7.00. The number of aromatic nitrogens is 8. The fourth-order valence-electron chi connectivity index (χ4n) is 2.98. The maximum Gasteiger partial charge on any atom is 0.162 e. The summed E-state index contributed by atoms with van der Waals surface area (Å²) in [7, 11) is 0. The van der Waals surface area contributed by atoms with Crippen molar-refractivity contribution in [3.8, 4) is 11.4 Å². The number of hydrogen-bond acceptors (Lipinski definition) is 8. The highest BCUT2D eigenvalue weighted by Gasteiger charge is 2.18. The lowest BCUT2D eigenvalue weighted by Gasteiger charge is -2.09. The minimum atomic E-state index is 0.595. The van der Waals surface area contributed by atoms with E-state index < -0.39 is 0 Å². The summed E-state index contributed by atoms with van der Waals surface area (Å²) in [4.78, 5) is 18.0. The van der Waals surface area contributed by atoms with E-state index >= 15 is 0 Å². The van der Waals surface area contributed by atoms with Crippen LogP contribution < -0.4 is 10.6 Å². The van der Waals surface area contributed by atoms with Gasteiger partial charge in [-0.25, -0.2) is 24.5 Å². The van der Waals surface area contributed by atoms with Crippen LogP contribution in [-0.2, 0) is 0 Å². The first kappa shape index (κ1) is 16.8. The number of aryl methyl sites for hydroxylation is 1. The molecule has 0 saturated carbocycles. The van der Waals surface area contributed by atoms with Gasteiger partial charge in [0.2, 0.25) is 0 Å². The number of imidazole rings is 1. The third-order valence-electron chi connectivity index (χ3n) is 4.14. The minimum Gasteiger partial charge on any atom is -0.325 e. The molecule has 0 amide bonds. The maximum atomic E-state index is 4.65. The molecular formula is C19H16N10. The van der Waals surface area contributed by atoms with Gasteiger partial charge in [0, 0.05) is 30.7 Å². The Labute approximate surface area is 165 Å². The van der Waals surface area contributed by atoms with E-state index in [-0.39, 0.29) is 0 Å². The molecule has 0 spiro atoms. The molecule has 5 rings (SSSR count). The van der Waals surface area contributed by atoms with E-state index in [1.807, 2.05) is 49.4 Å². The van der Waals surface area contributed by atoms with Gasteiger partial charge in [-0.15, -0.1) is 0 Å². The molecule has 3 N–H and O–H groups in total. The van der Waals surface area contributed by atoms with Crippen LogP contribution in [0.1, 0.15) is 5.82 Å². The highest BCUT2D eigenvalue weighted by Crippen LogP contribution is 2.30. The first-order chi connectivity index (χ1) is 14.3. The van der Waals surface area contributed by atoms with Crippen LogP contribution in [-0.4, -0.2) is 39.7 Å². The summed E-state index contributed by atoms with van der Waals surface area (Å²) < 4.78 is 1.74. The summed E-state index contributed by atoms with van der Waals surface area (Å²) in [6.45, 7) is 1.84. The largest absolute Gasteiger partial charge is 0.325 e. The summed E-state index contributed by atoms with van der Waals surface area (Å²) >= 11 is 0. The molecule has 0 aromatic carbocycles. The number of H-pyrrole nitrogens is 1. The van der Waals surface area contributed by atoms with E-state index in [1.54, 1.807) is 23.1 Å². The minimum absolute atomic E-state index is 0.595. The van der Waals surface area contributed by atoms with Crippen LogP contribution >= 0.6 is 0 Å². The number of nitrogens with zero attached hydrogens (tertiary/aromatic N) is 7. The smallest absolute Gasteiger partial charge is 0.162 e. The summed E-state index contributed by atoms with van der Waals surface area (Å²) in [5, 5.41) is 17.8. The Morgan fingerprint density at radius 1 is 0.897 bits per heavy atom. The average Bonchev–Trinajstić information content (AvgIpc) is 3.36. The zero-order valence-corrected chi connectivity index (χ0v) is 15.4. The Balaban J connectivity index is 1.63. The SMILES string of the molecule is Cc1nc(Nc2ccccn2)cc(-c2c(Nc3cc[nH]n3)nc3cccnn23)n1. The molecule has 0 unspecified atom stereocenters. The number of nitrogens with one attached hydrogen (secondary N) is 3. The van der Waals surface area contributed by atoms with Gasteiger partial charge < -0.3 is 10.6 Å². The van der Waals surface area contributed by atoms with Crippen molar-refractivity contribution in [2.75, 3.05) is 10.6 Å². The van der Waals surface area contributed by atoms with Crippen LogP contribution in [0, 0.1) is 6.92 Å². The van der Waals surface area contributed by atoms with E-state index in [9.17, 15) is 0 Å². The maximum absolute atomic E-state index is 4.65. The molecule has 10 nitrogen and oxygen atoms in total. The van der Waals surface area contributed by atoms with Gasteiger partial charge in [0.15, 0.2) is 17.3 Å². The van der Waals surface area contributed by atoms with Crippen molar-refractivity contribution in [2.45, 2.75) is 6.92 Å². The Morgan fingerprint density at radius 2 is 1.86 bits per heavy atom. The van der Waals surface area contributed by atoms with Gasteiger partial charge in [-0.1, -0.05) is 6.07 Å². The lowest BCUT2D eigenvalue weighted by atomic mass is 10.2. The predicted octanol–water partition coefficient (Wildman–Crippen LogP) is 3.10. The van der Waals surface area contributed by atoms with Crippen LogP contribution in [0.5, 0.6) is 0 Å². The summed E-state index contributed by atoms with van der Waals surface area (Å²) in [6, 6.07) is 13.0. The first-order valence-electron chi connectivity index (χ1n) is 8.91. The Bertz CT molecular complexity index is 1260. The molecule has 0 radical (unpaired) electrons. The van der Waals surface area contributed by atoms with E-state index in [0.29, 0.717) is 46.1 Å². The number of aromatic amines is 1. The van der Waals surface area contributed by atoms with Gasteiger partial charge in [0.05, 0.1) is 5.69 Å². The Hall–Kier alpha value is -4.34. The quantitative estimate of drug-likeness (QED) is 0.423. The lowest BCUT2D eigenvalue weighted by Crippen LogP contribution is -2.03. The van der Waals surface area contributed by atoms with Crippen LogP contribution in [0.2, 0.25) is 0 Å². The number of rotatable bonds is 5. The van der Waals surface area contributed by atoms with Gasteiger partial charge in [-0.2, -0.15) is 10.2 Å². The molecule has 5 aromatic rings. The molecule has 142 valence electrons. The highest BCUT2D eigenvalue weighted by molar-refractivity contribution is 5.78. The van der Waals surface area contributed by atoms with Crippen molar-refractivity contribution in [3.63, 3.8) is 0 Å². The number of hydrogen-bond donors (Lipinski definition) is 3. The van der Waals surface area contributed by atoms with Crippen molar-refractivity contribution in [1.29, 1.82) is 0 Å². The summed E-state index contributed by atoms with van der Waals surface area (Å²) in [5.41, 5.74) is 2.06. The van der Waals surface area contributed by atoms with Crippen LogP contribution in [0.15, 0.2) is 61.1 Å². The third kappa shape index (κ3) is 3.34. The van der Waals surface area contributed by atoms with E-state index in [4.69, 9.17) is 0 Å². The van der Waals surface area contributed by atoms with Gasteiger partial charge in [0.25, 0.3) is 0 Å². The lowest BCUT2D eigenvalue weighted by molar-refractivity contribution is 0.932. The van der Waals surface area contributed by atoms with E-state index in [0.717, 1.165) is 0 Å². The molecule has 0 atom stereocenters. The third-order valence-corrected chi connectivity index (χ3v) is 4.14. The fraction of sp³-hybridized carbons (Fsp3) is 0.0526. The molecule has 5 heterocycles. The van der Waals surface area contributed by atoms with Crippen molar-refractivity contribution in [1.82, 2.24) is 39.7 Å². The summed E-state index contributed by atoms with van der Waals surface area (Å²) in [5.74, 6) is 3.17. The molecule has 0 bridgehead atoms. The average molecular weight is 384 g/mol. The molecule has 0 aliphatic carbocycles. The van der Waals surface area contributed by atoms with Gasteiger partial charge in [0.1, 0.15) is 23.2 Å². The monoisotopic (exact) mass is 384 g/mol. The summed E-state index contributed by atoms with van der Waals surface area (Å²) in [6.07, 6.45) is 5.16. The highest BCUT2D eigenvalue weighted by atomic mass is 15.3. The molecule has 0 aliphatic heterocycles. The van der Waals surface area contributed by atoms with Crippen molar-refractivity contribution in [2.24, 2.45) is 0 Å². The Morgan fingerprint density at radius 3 is 2.69 bits per heavy atom. The zero-order chi connectivity index (χ0) is 19.6. The molecule has 0 fully saturated rings. The molecule has 10 heteroatoms. The second-order valence-corrected chi connectivity index (χ2v) is 6.21. The van der Waals surface area contributed by atoms with Crippen LogP contribution in [0.3, 0.4) is 0 Å². The molecule has 0 saturated heterocycles. The van der Waals surface area contributed by atoms with Crippen molar-refractivity contribution in [3.05, 3.63) is 66.9 Å². The van der Waals surface area contributed by atoms with Gasteiger partial charge in [-0.05, 0) is 31.2 Å². The normalized spacial score (nSPS) is 10.9. The molecule has 29 heavy (non-hydrogen) atoms.